The maximum atomic E-state index is 6.06. The Kier molecular flexibility index (Phi) is 3.89. The number of nitrogens with zero attached hydrogens (tertiary/aromatic N) is 2. The number of likely N-dealkylation sites (tertiary alicyclic amines) is 1. The van der Waals surface area contributed by atoms with E-state index in [1.54, 1.807) is 0 Å². The van der Waals surface area contributed by atoms with E-state index in [9.17, 15) is 0 Å². The highest BCUT2D eigenvalue weighted by Crippen LogP contribution is 2.31. The molecule has 0 aromatic carbocycles. The fourth-order valence-corrected chi connectivity index (χ4v) is 4.13. The van der Waals surface area contributed by atoms with Crippen LogP contribution >= 0.6 is 0 Å². The van der Waals surface area contributed by atoms with E-state index in [1.165, 1.54) is 38.8 Å². The third-order valence-corrected chi connectivity index (χ3v) is 5.40. The summed E-state index contributed by atoms with van der Waals surface area (Å²) < 4.78 is 5.55. The van der Waals surface area contributed by atoms with Gasteiger partial charge >= 0.3 is 0 Å². The third kappa shape index (κ3) is 2.31. The number of ether oxygens (including phenoxy) is 1. The van der Waals surface area contributed by atoms with E-state index in [0.29, 0.717) is 12.0 Å². The molecule has 0 radical (unpaired) electrons. The molecule has 2 N–H and O–H groups in total. The molecule has 4 atom stereocenters. The Labute approximate surface area is 110 Å². The fraction of sp³-hybridized carbons (Fsp3) is 1.00. The molecular formula is C14H27N3O. The zero-order chi connectivity index (χ0) is 12.5. The van der Waals surface area contributed by atoms with Gasteiger partial charge in [0.15, 0.2) is 0 Å². The molecule has 4 heteroatoms. The van der Waals surface area contributed by atoms with E-state index in [-0.39, 0.29) is 0 Å². The summed E-state index contributed by atoms with van der Waals surface area (Å²) in [5.41, 5.74) is 6.06. The quantitative estimate of drug-likeness (QED) is 0.796. The van der Waals surface area contributed by atoms with Crippen LogP contribution in [0.3, 0.4) is 0 Å². The van der Waals surface area contributed by atoms with Crippen LogP contribution < -0.4 is 5.73 Å². The van der Waals surface area contributed by atoms with Crippen molar-refractivity contribution in [1.82, 2.24) is 9.80 Å². The normalized spacial score (nSPS) is 40.0. The first-order valence-corrected chi connectivity index (χ1v) is 7.53. The second-order valence-corrected chi connectivity index (χ2v) is 6.26. The van der Waals surface area contributed by atoms with Gasteiger partial charge in [-0.05, 0) is 32.7 Å². The van der Waals surface area contributed by atoms with Crippen molar-refractivity contribution in [2.75, 3.05) is 39.9 Å². The second kappa shape index (κ2) is 5.45. The van der Waals surface area contributed by atoms with E-state index in [0.717, 1.165) is 31.8 Å². The lowest BCUT2D eigenvalue weighted by Gasteiger charge is -2.35. The molecule has 104 valence electrons. The van der Waals surface area contributed by atoms with Crippen molar-refractivity contribution in [3.63, 3.8) is 0 Å². The van der Waals surface area contributed by atoms with Gasteiger partial charge in [0.05, 0.1) is 6.61 Å². The molecular weight excluding hydrogens is 226 g/mol. The molecule has 3 fully saturated rings. The molecule has 0 aliphatic carbocycles. The summed E-state index contributed by atoms with van der Waals surface area (Å²) in [6, 6.07) is 2.12. The minimum absolute atomic E-state index is 0.542. The lowest BCUT2D eigenvalue weighted by atomic mass is 9.96. The highest BCUT2D eigenvalue weighted by atomic mass is 16.5. The van der Waals surface area contributed by atoms with E-state index in [4.69, 9.17) is 10.5 Å². The van der Waals surface area contributed by atoms with Crippen molar-refractivity contribution >= 4 is 0 Å². The summed E-state index contributed by atoms with van der Waals surface area (Å²) in [5, 5.41) is 0. The Morgan fingerprint density at radius 3 is 2.78 bits per heavy atom. The van der Waals surface area contributed by atoms with Gasteiger partial charge in [0.1, 0.15) is 0 Å². The van der Waals surface area contributed by atoms with Gasteiger partial charge in [-0.3, -0.25) is 9.80 Å². The van der Waals surface area contributed by atoms with Crippen molar-refractivity contribution in [3.8, 4) is 0 Å². The molecule has 4 unspecified atom stereocenters. The van der Waals surface area contributed by atoms with Crippen molar-refractivity contribution in [2.24, 2.45) is 11.7 Å². The number of hydrogen-bond acceptors (Lipinski definition) is 4. The lowest BCUT2D eigenvalue weighted by Crippen LogP contribution is -2.49. The molecule has 0 amide bonds. The van der Waals surface area contributed by atoms with Crippen LogP contribution in [0.2, 0.25) is 0 Å². The van der Waals surface area contributed by atoms with E-state index >= 15 is 0 Å². The minimum atomic E-state index is 0.542. The van der Waals surface area contributed by atoms with Gasteiger partial charge in [-0.1, -0.05) is 0 Å². The van der Waals surface area contributed by atoms with E-state index < -0.39 is 0 Å². The van der Waals surface area contributed by atoms with Gasteiger partial charge < -0.3 is 10.5 Å². The van der Waals surface area contributed by atoms with Crippen molar-refractivity contribution in [2.45, 2.75) is 43.8 Å². The maximum absolute atomic E-state index is 6.06. The van der Waals surface area contributed by atoms with Crippen LogP contribution in [0.25, 0.3) is 0 Å². The molecule has 4 nitrogen and oxygen atoms in total. The highest BCUT2D eigenvalue weighted by Gasteiger charge is 2.38. The number of nitrogens with two attached hydrogens (primary N) is 1. The second-order valence-electron chi connectivity index (χ2n) is 6.26. The molecule has 18 heavy (non-hydrogen) atoms. The molecule has 3 aliphatic rings. The molecule has 2 bridgehead atoms. The fourth-order valence-electron chi connectivity index (χ4n) is 4.13. The highest BCUT2D eigenvalue weighted by molar-refractivity contribution is 4.94. The Morgan fingerprint density at radius 2 is 2.06 bits per heavy atom. The van der Waals surface area contributed by atoms with Gasteiger partial charge in [0, 0.05) is 50.3 Å². The van der Waals surface area contributed by atoms with Gasteiger partial charge in [-0.2, -0.15) is 0 Å². The predicted octanol–water partition coefficient (Wildman–Crippen LogP) is 0.519. The SMILES string of the molecule is CN1C2CCC1CN(C(CN)C1CCOC1)CC2. The van der Waals surface area contributed by atoms with Crippen molar-refractivity contribution in [3.05, 3.63) is 0 Å². The molecule has 3 saturated heterocycles. The zero-order valence-electron chi connectivity index (χ0n) is 11.6. The topological polar surface area (TPSA) is 41.7 Å². The summed E-state index contributed by atoms with van der Waals surface area (Å²) in [6.07, 6.45) is 5.28. The summed E-state index contributed by atoms with van der Waals surface area (Å²) in [4.78, 5) is 5.28. The molecule has 3 heterocycles. The Balaban J connectivity index is 1.67. The lowest BCUT2D eigenvalue weighted by molar-refractivity contribution is 0.112. The molecule has 0 saturated carbocycles. The van der Waals surface area contributed by atoms with Crippen molar-refractivity contribution < 1.29 is 4.74 Å². The van der Waals surface area contributed by atoms with Gasteiger partial charge in [0.25, 0.3) is 0 Å². The number of hydrogen-bond donors (Lipinski definition) is 1. The largest absolute Gasteiger partial charge is 0.381 e. The minimum Gasteiger partial charge on any atom is -0.381 e. The summed E-state index contributed by atoms with van der Waals surface area (Å²) in [7, 11) is 2.31. The van der Waals surface area contributed by atoms with Gasteiger partial charge in [-0.15, -0.1) is 0 Å². The summed E-state index contributed by atoms with van der Waals surface area (Å²) in [5.74, 6) is 0.664. The number of rotatable bonds is 3. The van der Waals surface area contributed by atoms with Crippen LogP contribution in [0, 0.1) is 5.92 Å². The molecule has 0 aromatic heterocycles. The van der Waals surface area contributed by atoms with Gasteiger partial charge in [-0.25, -0.2) is 0 Å². The summed E-state index contributed by atoms with van der Waals surface area (Å²) in [6.45, 7) is 5.08. The van der Waals surface area contributed by atoms with Crippen molar-refractivity contribution in [1.29, 1.82) is 0 Å². The van der Waals surface area contributed by atoms with Crippen LogP contribution in [-0.2, 0) is 4.74 Å². The Morgan fingerprint density at radius 1 is 1.22 bits per heavy atom. The standard InChI is InChI=1S/C14H27N3O/c1-16-12-2-3-13(16)9-17(6-4-12)14(8-15)11-5-7-18-10-11/h11-14H,2-10,15H2,1H3. The van der Waals surface area contributed by atoms with Crippen LogP contribution in [0.4, 0.5) is 0 Å². The first kappa shape index (κ1) is 12.9. The predicted molar refractivity (Wildman–Crippen MR) is 72.5 cm³/mol. The maximum Gasteiger partial charge on any atom is 0.0510 e. The van der Waals surface area contributed by atoms with E-state index in [1.807, 2.05) is 0 Å². The summed E-state index contributed by atoms with van der Waals surface area (Å²) >= 11 is 0. The molecule has 0 spiro atoms. The molecule has 3 rings (SSSR count). The average Bonchev–Trinajstić information content (AvgIpc) is 2.93. The molecule has 0 aromatic rings. The van der Waals surface area contributed by atoms with Crippen LogP contribution in [0.1, 0.15) is 25.7 Å². The number of likely N-dealkylation sites (N-methyl/N-ethyl adjacent to an activating group) is 1. The Hall–Kier alpha value is -0.160. The third-order valence-electron chi connectivity index (χ3n) is 5.40. The van der Waals surface area contributed by atoms with Crippen LogP contribution in [-0.4, -0.2) is 67.8 Å². The van der Waals surface area contributed by atoms with Gasteiger partial charge in [0.2, 0.25) is 0 Å². The molecule has 3 aliphatic heterocycles. The monoisotopic (exact) mass is 253 g/mol. The van der Waals surface area contributed by atoms with E-state index in [2.05, 4.69) is 16.8 Å². The van der Waals surface area contributed by atoms with Crippen LogP contribution in [0.15, 0.2) is 0 Å². The smallest absolute Gasteiger partial charge is 0.0510 e. The zero-order valence-corrected chi connectivity index (χ0v) is 11.6. The number of fused-ring (bicyclic) bond motifs is 2. The first-order chi connectivity index (χ1) is 8.79. The Bertz CT molecular complexity index is 280. The van der Waals surface area contributed by atoms with Crippen LogP contribution in [0.5, 0.6) is 0 Å². The first-order valence-electron chi connectivity index (χ1n) is 7.53. The average molecular weight is 253 g/mol.